The van der Waals surface area contributed by atoms with Crippen LogP contribution < -0.4 is 0 Å². The molecule has 4 rings (SSSR count). The van der Waals surface area contributed by atoms with Crippen LogP contribution in [-0.2, 0) is 12.8 Å². The molecule has 0 spiro atoms. The average Bonchev–Trinajstić information content (AvgIpc) is 2.71. The van der Waals surface area contributed by atoms with E-state index in [0.29, 0.717) is 63.1 Å². The van der Waals surface area contributed by atoms with Gasteiger partial charge in [0.15, 0.2) is 11.6 Å². The van der Waals surface area contributed by atoms with E-state index in [4.69, 9.17) is 0 Å². The van der Waals surface area contributed by atoms with Crippen LogP contribution in [0.15, 0.2) is 22.2 Å². The topological polar surface area (TPSA) is 107 Å². The predicted octanol–water partition coefficient (Wildman–Crippen LogP) is 5.37. The first-order chi connectivity index (χ1) is 15.5. The predicted molar refractivity (Wildman–Crippen MR) is 127 cm³/mol. The fraction of sp³-hybridized carbons (Fsp3) is 0.440. The van der Waals surface area contributed by atoms with Crippen molar-refractivity contribution in [3.05, 3.63) is 45.8 Å². The SMILES string of the molecule is CC1(C)CC(=O)c2cc(C#N)c(SCSc3nc4c(cc3C#N)C(=O)CC(C)(C)C4)nc2C1. The van der Waals surface area contributed by atoms with E-state index >= 15 is 0 Å². The van der Waals surface area contributed by atoms with Crippen molar-refractivity contribution < 1.29 is 9.59 Å². The van der Waals surface area contributed by atoms with Gasteiger partial charge >= 0.3 is 0 Å². The molecule has 0 atom stereocenters. The fourth-order valence-corrected chi connectivity index (χ4v) is 6.43. The summed E-state index contributed by atoms with van der Waals surface area (Å²) in [5.74, 6) is 0.0659. The number of thioether (sulfide) groups is 2. The van der Waals surface area contributed by atoms with E-state index in [0.717, 1.165) is 11.4 Å². The van der Waals surface area contributed by atoms with Crippen molar-refractivity contribution in [1.29, 1.82) is 10.5 Å². The minimum atomic E-state index is -0.151. The summed E-state index contributed by atoms with van der Waals surface area (Å²) in [6.45, 7) is 8.20. The summed E-state index contributed by atoms with van der Waals surface area (Å²) in [6.07, 6.45) is 2.29. The van der Waals surface area contributed by atoms with E-state index in [2.05, 4.69) is 22.1 Å². The standard InChI is InChI=1S/C25H24N4O2S2/c1-24(2)7-18-16(20(30)9-24)5-14(11-26)22(28-18)32-13-33-23-15(12-27)6-17-19(29-23)8-25(3,4)10-21(17)31/h5-6H,7-10,13H2,1-4H3. The molecule has 6 nitrogen and oxygen atoms in total. The second kappa shape index (κ2) is 8.59. The molecular weight excluding hydrogens is 452 g/mol. The molecule has 2 aliphatic carbocycles. The van der Waals surface area contributed by atoms with Gasteiger partial charge in [-0.2, -0.15) is 10.5 Å². The van der Waals surface area contributed by atoms with Crippen LogP contribution in [0.5, 0.6) is 0 Å². The van der Waals surface area contributed by atoms with E-state index in [9.17, 15) is 20.1 Å². The quantitative estimate of drug-likeness (QED) is 0.428. The van der Waals surface area contributed by atoms with E-state index in [1.807, 2.05) is 27.7 Å². The Kier molecular flexibility index (Phi) is 6.11. The summed E-state index contributed by atoms with van der Waals surface area (Å²) in [5.41, 5.74) is 3.07. The van der Waals surface area contributed by atoms with Gasteiger partial charge in [-0.15, -0.1) is 0 Å². The van der Waals surface area contributed by atoms with Crippen LogP contribution in [0.1, 0.15) is 83.8 Å². The Morgan fingerprint density at radius 1 is 0.788 bits per heavy atom. The molecule has 0 aromatic carbocycles. The Labute approximate surface area is 202 Å². The lowest BCUT2D eigenvalue weighted by molar-refractivity contribution is 0.0900. The van der Waals surface area contributed by atoms with Crippen molar-refractivity contribution in [2.75, 3.05) is 5.08 Å². The normalized spacial score (nSPS) is 18.1. The number of pyridine rings is 2. The highest BCUT2D eigenvalue weighted by atomic mass is 32.2. The number of carbonyl (C=O) groups is 2. The number of nitrogens with zero attached hydrogens (tertiary/aromatic N) is 4. The highest BCUT2D eigenvalue weighted by Crippen LogP contribution is 2.39. The molecule has 2 aromatic rings. The van der Waals surface area contributed by atoms with Gasteiger partial charge in [-0.1, -0.05) is 51.2 Å². The molecule has 2 aromatic heterocycles. The highest BCUT2D eigenvalue weighted by Gasteiger charge is 2.34. The monoisotopic (exact) mass is 476 g/mol. The van der Waals surface area contributed by atoms with Crippen molar-refractivity contribution in [3.63, 3.8) is 0 Å². The van der Waals surface area contributed by atoms with Crippen LogP contribution in [-0.4, -0.2) is 26.6 Å². The minimum absolute atomic E-state index is 0.0329. The van der Waals surface area contributed by atoms with Crippen molar-refractivity contribution >= 4 is 35.1 Å². The zero-order valence-electron chi connectivity index (χ0n) is 19.1. The number of fused-ring (bicyclic) bond motifs is 2. The number of rotatable bonds is 4. The third-order valence-corrected chi connectivity index (χ3v) is 8.05. The molecule has 0 unspecified atom stereocenters. The van der Waals surface area contributed by atoms with Crippen molar-refractivity contribution in [2.45, 2.75) is 63.4 Å². The van der Waals surface area contributed by atoms with Gasteiger partial charge < -0.3 is 0 Å². The van der Waals surface area contributed by atoms with Crippen molar-refractivity contribution in [1.82, 2.24) is 9.97 Å². The van der Waals surface area contributed by atoms with Crippen LogP contribution in [0.3, 0.4) is 0 Å². The van der Waals surface area contributed by atoms with Gasteiger partial charge in [0.2, 0.25) is 0 Å². The molecular formula is C25H24N4O2S2. The molecule has 0 amide bonds. The van der Waals surface area contributed by atoms with E-state index in [1.165, 1.54) is 23.5 Å². The Morgan fingerprint density at radius 3 is 1.55 bits per heavy atom. The number of aromatic nitrogens is 2. The van der Waals surface area contributed by atoms with Crippen LogP contribution in [0.2, 0.25) is 0 Å². The number of Topliss-reactive ketones (excluding diaryl/α,β-unsaturated/α-hetero) is 2. The maximum absolute atomic E-state index is 12.5. The smallest absolute Gasteiger partial charge is 0.165 e. The lowest BCUT2D eigenvalue weighted by atomic mass is 9.75. The fourth-order valence-electron chi connectivity index (χ4n) is 4.43. The maximum atomic E-state index is 12.5. The first kappa shape index (κ1) is 23.5. The summed E-state index contributed by atoms with van der Waals surface area (Å²) in [6, 6.07) is 7.66. The third kappa shape index (κ3) is 4.83. The lowest BCUT2D eigenvalue weighted by Crippen LogP contribution is -2.28. The second-order valence-corrected chi connectivity index (χ2v) is 12.5. The summed E-state index contributed by atoms with van der Waals surface area (Å²) in [5, 5.41) is 20.9. The van der Waals surface area contributed by atoms with E-state index < -0.39 is 0 Å². The largest absolute Gasteiger partial charge is 0.294 e. The Balaban J connectivity index is 1.57. The van der Waals surface area contributed by atoms with Gasteiger partial charge in [-0.25, -0.2) is 9.97 Å². The average molecular weight is 477 g/mol. The third-order valence-electron chi connectivity index (χ3n) is 5.94. The summed E-state index contributed by atoms with van der Waals surface area (Å²) < 4.78 is 0. The van der Waals surface area contributed by atoms with Gasteiger partial charge in [0.25, 0.3) is 0 Å². The van der Waals surface area contributed by atoms with Gasteiger partial charge in [0.1, 0.15) is 22.2 Å². The first-order valence-corrected chi connectivity index (χ1v) is 12.7. The Hall–Kier alpha value is -2.68. The lowest BCUT2D eigenvalue weighted by Gasteiger charge is -2.29. The molecule has 0 saturated heterocycles. The number of nitriles is 2. The molecule has 0 saturated carbocycles. The number of carbonyl (C=O) groups excluding carboxylic acids is 2. The second-order valence-electron chi connectivity index (χ2n) is 10.2. The Bertz CT molecular complexity index is 1170. The number of ketones is 2. The molecule has 2 aliphatic rings. The molecule has 0 N–H and O–H groups in total. The summed E-state index contributed by atoms with van der Waals surface area (Å²) in [7, 11) is 0. The van der Waals surface area contributed by atoms with Crippen LogP contribution in [0, 0.1) is 33.5 Å². The molecule has 0 aliphatic heterocycles. The van der Waals surface area contributed by atoms with Crippen LogP contribution in [0.4, 0.5) is 0 Å². The van der Waals surface area contributed by atoms with Gasteiger partial charge in [-0.3, -0.25) is 9.59 Å². The van der Waals surface area contributed by atoms with Crippen molar-refractivity contribution in [2.24, 2.45) is 10.8 Å². The highest BCUT2D eigenvalue weighted by molar-refractivity contribution is 8.16. The first-order valence-electron chi connectivity index (χ1n) is 10.7. The minimum Gasteiger partial charge on any atom is -0.294 e. The molecule has 0 bridgehead atoms. The number of hydrogen-bond donors (Lipinski definition) is 0. The van der Waals surface area contributed by atoms with Crippen LogP contribution >= 0.6 is 23.5 Å². The van der Waals surface area contributed by atoms with Gasteiger partial charge in [0.05, 0.1) is 27.6 Å². The Morgan fingerprint density at radius 2 is 1.18 bits per heavy atom. The summed E-state index contributed by atoms with van der Waals surface area (Å²) in [4.78, 5) is 34.4. The molecule has 33 heavy (non-hydrogen) atoms. The van der Waals surface area contributed by atoms with E-state index in [-0.39, 0.29) is 22.4 Å². The summed E-state index contributed by atoms with van der Waals surface area (Å²) >= 11 is 2.80. The molecule has 168 valence electrons. The van der Waals surface area contributed by atoms with Crippen LogP contribution in [0.25, 0.3) is 0 Å². The van der Waals surface area contributed by atoms with Crippen molar-refractivity contribution in [3.8, 4) is 12.1 Å². The molecule has 8 heteroatoms. The maximum Gasteiger partial charge on any atom is 0.165 e. The number of hydrogen-bond acceptors (Lipinski definition) is 8. The van der Waals surface area contributed by atoms with Gasteiger partial charge in [0, 0.05) is 24.0 Å². The zero-order valence-corrected chi connectivity index (χ0v) is 20.7. The molecule has 0 radical (unpaired) electrons. The molecule has 0 fully saturated rings. The van der Waals surface area contributed by atoms with E-state index in [1.54, 1.807) is 12.1 Å². The molecule has 2 heterocycles. The zero-order chi connectivity index (χ0) is 24.0. The van der Waals surface area contributed by atoms with Gasteiger partial charge in [-0.05, 0) is 35.8 Å².